The molecular formula is C24H18BrClN2O6. The number of hydrogen-bond acceptors (Lipinski definition) is 6. The van der Waals surface area contributed by atoms with Crippen molar-refractivity contribution >= 4 is 51.5 Å². The molecule has 1 aromatic heterocycles. The van der Waals surface area contributed by atoms with E-state index in [0.29, 0.717) is 32.3 Å². The average molecular weight is 546 g/mol. The van der Waals surface area contributed by atoms with Gasteiger partial charge < -0.3 is 13.9 Å². The highest BCUT2D eigenvalue weighted by Gasteiger charge is 2.36. The van der Waals surface area contributed by atoms with Crippen molar-refractivity contribution in [1.29, 1.82) is 0 Å². The van der Waals surface area contributed by atoms with Gasteiger partial charge in [-0.15, -0.1) is 0 Å². The minimum atomic E-state index is -0.816. The van der Waals surface area contributed by atoms with Crippen LogP contribution in [0.4, 0.5) is 4.79 Å². The van der Waals surface area contributed by atoms with Crippen molar-refractivity contribution in [2.45, 2.75) is 13.2 Å². The summed E-state index contributed by atoms with van der Waals surface area (Å²) in [6.45, 7) is 0.106. The Morgan fingerprint density at radius 2 is 1.91 bits per heavy atom. The van der Waals surface area contributed by atoms with Gasteiger partial charge in [0, 0.05) is 15.1 Å². The number of barbiturate groups is 1. The van der Waals surface area contributed by atoms with E-state index in [2.05, 4.69) is 21.2 Å². The first kappa shape index (κ1) is 23.6. The van der Waals surface area contributed by atoms with Gasteiger partial charge in [0.15, 0.2) is 11.5 Å². The van der Waals surface area contributed by atoms with E-state index in [-0.39, 0.29) is 18.7 Å². The number of carbonyl (C=O) groups is 3. The maximum absolute atomic E-state index is 13.0. The second kappa shape index (κ2) is 10.1. The summed E-state index contributed by atoms with van der Waals surface area (Å²) >= 11 is 9.64. The molecule has 10 heteroatoms. The van der Waals surface area contributed by atoms with Crippen LogP contribution in [-0.4, -0.2) is 29.9 Å². The molecule has 4 rings (SSSR count). The highest BCUT2D eigenvalue weighted by atomic mass is 79.9. The standard InChI is InChI=1S/C24H18BrClN2O6/c1-32-20-10-15(18(25)11-21(20)34-13-14-5-2-3-7-19(14)26)9-17-22(29)27-24(31)28(23(17)30)12-16-6-4-8-33-16/h2-11H,12-13H2,1H3,(H,27,29,31)/b17-9+. The highest BCUT2D eigenvalue weighted by Crippen LogP contribution is 2.36. The van der Waals surface area contributed by atoms with Gasteiger partial charge in [-0.3, -0.25) is 19.8 Å². The molecule has 0 bridgehead atoms. The minimum absolute atomic E-state index is 0.110. The Kier molecular flexibility index (Phi) is 7.04. The number of furan rings is 1. The molecule has 1 saturated heterocycles. The first-order valence-corrected chi connectivity index (χ1v) is 11.2. The smallest absolute Gasteiger partial charge is 0.331 e. The fourth-order valence-electron chi connectivity index (χ4n) is 3.26. The van der Waals surface area contributed by atoms with E-state index in [9.17, 15) is 14.4 Å². The van der Waals surface area contributed by atoms with Crippen molar-refractivity contribution in [1.82, 2.24) is 10.2 Å². The highest BCUT2D eigenvalue weighted by molar-refractivity contribution is 9.10. The Balaban J connectivity index is 1.61. The molecule has 34 heavy (non-hydrogen) atoms. The second-order valence-corrected chi connectivity index (χ2v) is 8.45. The molecule has 0 radical (unpaired) electrons. The normalized spacial score (nSPS) is 15.0. The van der Waals surface area contributed by atoms with Gasteiger partial charge in [-0.1, -0.05) is 45.7 Å². The summed E-state index contributed by atoms with van der Waals surface area (Å²) in [6.07, 6.45) is 2.81. The van der Waals surface area contributed by atoms with Gasteiger partial charge in [0.05, 0.1) is 19.9 Å². The van der Waals surface area contributed by atoms with Gasteiger partial charge in [0.2, 0.25) is 0 Å². The molecule has 0 atom stereocenters. The Hall–Kier alpha value is -3.56. The summed E-state index contributed by atoms with van der Waals surface area (Å²) in [4.78, 5) is 38.5. The zero-order chi connectivity index (χ0) is 24.2. The number of halogens is 2. The minimum Gasteiger partial charge on any atom is -0.493 e. The predicted molar refractivity (Wildman–Crippen MR) is 127 cm³/mol. The summed E-state index contributed by atoms with van der Waals surface area (Å²) in [5, 5.41) is 2.76. The topological polar surface area (TPSA) is 98.1 Å². The van der Waals surface area contributed by atoms with Crippen LogP contribution < -0.4 is 14.8 Å². The zero-order valence-corrected chi connectivity index (χ0v) is 20.2. The summed E-state index contributed by atoms with van der Waals surface area (Å²) < 4.78 is 17.1. The number of amides is 4. The Labute approximate surface area is 208 Å². The van der Waals surface area contributed by atoms with Crippen molar-refractivity contribution in [2.24, 2.45) is 0 Å². The Bertz CT molecular complexity index is 1290. The lowest BCUT2D eigenvalue weighted by molar-refractivity contribution is -0.130. The average Bonchev–Trinajstić information content (AvgIpc) is 3.33. The van der Waals surface area contributed by atoms with Crippen LogP contribution in [0.5, 0.6) is 11.5 Å². The molecular weight excluding hydrogens is 528 g/mol. The molecule has 8 nitrogen and oxygen atoms in total. The molecule has 2 aromatic carbocycles. The van der Waals surface area contributed by atoms with E-state index in [4.69, 9.17) is 25.5 Å². The van der Waals surface area contributed by atoms with Crippen molar-refractivity contribution < 1.29 is 28.3 Å². The fraction of sp³-hybridized carbons (Fsp3) is 0.125. The van der Waals surface area contributed by atoms with Crippen LogP contribution in [0, 0.1) is 0 Å². The lowest BCUT2D eigenvalue weighted by Gasteiger charge is -2.25. The van der Waals surface area contributed by atoms with Gasteiger partial charge in [-0.05, 0) is 42.0 Å². The molecule has 1 N–H and O–H groups in total. The van der Waals surface area contributed by atoms with Gasteiger partial charge in [0.1, 0.15) is 17.9 Å². The molecule has 3 aromatic rings. The second-order valence-electron chi connectivity index (χ2n) is 7.19. The molecule has 2 heterocycles. The zero-order valence-electron chi connectivity index (χ0n) is 17.8. The number of nitrogens with zero attached hydrogens (tertiary/aromatic N) is 1. The van der Waals surface area contributed by atoms with Crippen LogP contribution in [0.15, 0.2) is 69.3 Å². The molecule has 1 aliphatic heterocycles. The maximum Gasteiger partial charge on any atom is 0.331 e. The first-order chi connectivity index (χ1) is 16.4. The molecule has 0 unspecified atom stereocenters. The first-order valence-electron chi connectivity index (χ1n) is 10.0. The van der Waals surface area contributed by atoms with E-state index >= 15 is 0 Å². The summed E-state index contributed by atoms with van der Waals surface area (Å²) in [5.41, 5.74) is 1.07. The SMILES string of the molecule is COc1cc(/C=C2\C(=O)NC(=O)N(Cc3ccco3)C2=O)c(Br)cc1OCc1ccccc1Cl. The van der Waals surface area contributed by atoms with Gasteiger partial charge in [-0.2, -0.15) is 0 Å². The molecule has 4 amide bonds. The van der Waals surface area contributed by atoms with E-state index in [0.717, 1.165) is 10.5 Å². The number of ether oxygens (including phenoxy) is 2. The lowest BCUT2D eigenvalue weighted by Crippen LogP contribution is -2.53. The van der Waals surface area contributed by atoms with Crippen molar-refractivity contribution in [3.63, 3.8) is 0 Å². The number of benzene rings is 2. The lowest BCUT2D eigenvalue weighted by atomic mass is 10.1. The quantitative estimate of drug-likeness (QED) is 0.333. The van der Waals surface area contributed by atoms with E-state index in [1.165, 1.54) is 19.4 Å². The van der Waals surface area contributed by atoms with Gasteiger partial charge in [-0.25, -0.2) is 4.79 Å². The largest absolute Gasteiger partial charge is 0.493 e. The molecule has 1 aliphatic rings. The third-order valence-corrected chi connectivity index (χ3v) is 6.06. The molecule has 0 aliphatic carbocycles. The molecule has 0 saturated carbocycles. The Morgan fingerprint density at radius 3 is 2.62 bits per heavy atom. The molecule has 0 spiro atoms. The monoisotopic (exact) mass is 544 g/mol. The predicted octanol–water partition coefficient (Wildman–Crippen LogP) is 4.95. The van der Waals surface area contributed by atoms with Crippen LogP contribution in [0.25, 0.3) is 6.08 Å². The van der Waals surface area contributed by atoms with Crippen molar-refractivity contribution in [3.05, 3.63) is 86.7 Å². The number of nitrogens with one attached hydrogen (secondary N) is 1. The van der Waals surface area contributed by atoms with E-state index in [1.807, 2.05) is 18.2 Å². The number of methoxy groups -OCH3 is 1. The third kappa shape index (κ3) is 5.00. The molecule has 1 fully saturated rings. The summed E-state index contributed by atoms with van der Waals surface area (Å²) in [6, 6.07) is 13.1. The van der Waals surface area contributed by atoms with Gasteiger partial charge in [0.25, 0.3) is 11.8 Å². The van der Waals surface area contributed by atoms with E-state index in [1.54, 1.807) is 30.3 Å². The number of urea groups is 1. The number of hydrogen-bond donors (Lipinski definition) is 1. The molecule has 174 valence electrons. The van der Waals surface area contributed by atoms with Crippen LogP contribution >= 0.6 is 27.5 Å². The third-order valence-electron chi connectivity index (χ3n) is 5.00. The van der Waals surface area contributed by atoms with Crippen LogP contribution in [0.3, 0.4) is 0 Å². The van der Waals surface area contributed by atoms with E-state index < -0.39 is 17.8 Å². The van der Waals surface area contributed by atoms with Gasteiger partial charge >= 0.3 is 6.03 Å². The summed E-state index contributed by atoms with van der Waals surface area (Å²) in [5.74, 6) is -0.314. The van der Waals surface area contributed by atoms with Crippen molar-refractivity contribution in [2.75, 3.05) is 7.11 Å². The number of carbonyl (C=O) groups excluding carboxylic acids is 3. The Morgan fingerprint density at radius 1 is 1.12 bits per heavy atom. The number of imide groups is 2. The summed E-state index contributed by atoms with van der Waals surface area (Å²) in [7, 11) is 1.48. The van der Waals surface area contributed by atoms with Crippen LogP contribution in [0.2, 0.25) is 5.02 Å². The van der Waals surface area contributed by atoms with Crippen LogP contribution in [-0.2, 0) is 22.7 Å². The number of rotatable bonds is 7. The maximum atomic E-state index is 13.0. The van der Waals surface area contributed by atoms with Crippen LogP contribution in [0.1, 0.15) is 16.9 Å². The van der Waals surface area contributed by atoms with Crippen molar-refractivity contribution in [3.8, 4) is 11.5 Å². The fourth-order valence-corrected chi connectivity index (χ4v) is 3.88.